The Balaban J connectivity index is 1.47. The quantitative estimate of drug-likeness (QED) is 0.604. The maximum Gasteiger partial charge on any atom is 0.417 e. The molecule has 1 N–H and O–H groups in total. The van der Waals surface area contributed by atoms with E-state index in [0.29, 0.717) is 30.1 Å². The molecule has 0 aliphatic carbocycles. The van der Waals surface area contributed by atoms with Crippen molar-refractivity contribution in [2.45, 2.75) is 39.3 Å². The molecule has 1 amide bonds. The highest BCUT2D eigenvalue weighted by Crippen LogP contribution is 2.26. The second-order valence-electron chi connectivity index (χ2n) is 7.24. The maximum atomic E-state index is 12.1. The zero-order valence-electron chi connectivity index (χ0n) is 17.6. The van der Waals surface area contributed by atoms with Crippen molar-refractivity contribution in [1.29, 1.82) is 0 Å². The summed E-state index contributed by atoms with van der Waals surface area (Å²) in [5.41, 5.74) is 1.03. The number of nitrogens with zero attached hydrogens (tertiary/aromatic N) is 5. The molecule has 160 valence electrons. The number of aryl methyl sites for hydroxylation is 1. The molecule has 0 spiro atoms. The largest absolute Gasteiger partial charge is 0.456 e. The van der Waals surface area contributed by atoms with Crippen molar-refractivity contribution in [2.24, 2.45) is 0 Å². The average molecular weight is 420 g/mol. The predicted octanol–water partition coefficient (Wildman–Crippen LogP) is 4.28. The van der Waals surface area contributed by atoms with Crippen molar-refractivity contribution < 1.29 is 14.3 Å². The average Bonchev–Trinajstić information content (AvgIpc) is 3.15. The smallest absolute Gasteiger partial charge is 0.417 e. The van der Waals surface area contributed by atoms with Gasteiger partial charge in [0.25, 0.3) is 0 Å². The van der Waals surface area contributed by atoms with Crippen molar-refractivity contribution in [3.8, 4) is 11.5 Å². The van der Waals surface area contributed by atoms with Crippen LogP contribution in [-0.4, -0.2) is 38.7 Å². The van der Waals surface area contributed by atoms with Crippen LogP contribution in [0.25, 0.3) is 0 Å². The van der Waals surface area contributed by atoms with Gasteiger partial charge in [0.1, 0.15) is 23.9 Å². The number of anilines is 2. The molecule has 3 heterocycles. The van der Waals surface area contributed by atoms with E-state index in [1.165, 1.54) is 4.90 Å². The van der Waals surface area contributed by atoms with Crippen molar-refractivity contribution in [1.82, 2.24) is 19.9 Å². The van der Waals surface area contributed by atoms with Gasteiger partial charge in [0.15, 0.2) is 0 Å². The first-order valence-corrected chi connectivity index (χ1v) is 10.2. The molecule has 31 heavy (non-hydrogen) atoms. The van der Waals surface area contributed by atoms with E-state index in [1.54, 1.807) is 19.3 Å². The monoisotopic (exact) mass is 420 g/mol. The van der Waals surface area contributed by atoms with E-state index in [1.807, 2.05) is 50.2 Å². The molecular formula is C22H24N6O3. The van der Waals surface area contributed by atoms with E-state index in [2.05, 4.69) is 25.3 Å². The van der Waals surface area contributed by atoms with E-state index in [0.717, 1.165) is 17.7 Å². The highest BCUT2D eigenvalue weighted by Gasteiger charge is 2.35. The molecule has 2 atom stereocenters. The summed E-state index contributed by atoms with van der Waals surface area (Å²) >= 11 is 0. The summed E-state index contributed by atoms with van der Waals surface area (Å²) in [5, 5.41) is 3.29. The molecule has 9 heteroatoms. The van der Waals surface area contributed by atoms with Crippen LogP contribution < -0.4 is 15.0 Å². The van der Waals surface area contributed by atoms with E-state index < -0.39 is 6.09 Å². The van der Waals surface area contributed by atoms with Crippen LogP contribution in [0.1, 0.15) is 37.7 Å². The predicted molar refractivity (Wildman–Crippen MR) is 115 cm³/mol. The lowest BCUT2D eigenvalue weighted by atomic mass is 10.1. The molecule has 9 nitrogen and oxygen atoms in total. The third-order valence-corrected chi connectivity index (χ3v) is 4.98. The van der Waals surface area contributed by atoms with E-state index in [-0.39, 0.29) is 12.1 Å². The van der Waals surface area contributed by atoms with Crippen molar-refractivity contribution in [2.75, 3.05) is 16.8 Å². The third kappa shape index (κ3) is 4.71. The van der Waals surface area contributed by atoms with Crippen LogP contribution in [0.4, 0.5) is 16.7 Å². The van der Waals surface area contributed by atoms with Gasteiger partial charge in [-0.1, -0.05) is 19.1 Å². The second kappa shape index (κ2) is 8.95. The molecule has 3 aromatic rings. The van der Waals surface area contributed by atoms with Gasteiger partial charge in [-0.3, -0.25) is 4.98 Å². The minimum Gasteiger partial charge on any atom is -0.456 e. The molecule has 4 rings (SSSR count). The lowest BCUT2D eigenvalue weighted by Crippen LogP contribution is -2.34. The molecule has 1 aromatic carbocycles. The first-order valence-electron chi connectivity index (χ1n) is 10.2. The summed E-state index contributed by atoms with van der Waals surface area (Å²) in [4.78, 5) is 30.9. The van der Waals surface area contributed by atoms with Gasteiger partial charge >= 0.3 is 6.09 Å². The molecule has 0 bridgehead atoms. The van der Waals surface area contributed by atoms with Gasteiger partial charge in [-0.15, -0.1) is 0 Å². The van der Waals surface area contributed by atoms with Crippen molar-refractivity contribution >= 4 is 18.0 Å². The molecule has 1 aliphatic rings. The number of cyclic esters (lactones) is 1. The Bertz CT molecular complexity index is 1040. The fourth-order valence-electron chi connectivity index (χ4n) is 3.29. The Kier molecular flexibility index (Phi) is 5.92. The van der Waals surface area contributed by atoms with E-state index >= 15 is 0 Å². The van der Waals surface area contributed by atoms with Gasteiger partial charge in [0.05, 0.1) is 18.3 Å². The molecule has 0 saturated carbocycles. The first-order chi connectivity index (χ1) is 15.0. The SMILES string of the molecule is CC[C@H]1COC(=O)N1c1nc(C)nc(N[C@@H](C)c2ccc(Oc3cccnc3)cc2)n1. The summed E-state index contributed by atoms with van der Waals surface area (Å²) < 4.78 is 10.9. The van der Waals surface area contributed by atoms with E-state index in [4.69, 9.17) is 9.47 Å². The van der Waals surface area contributed by atoms with Crippen molar-refractivity contribution in [3.05, 3.63) is 60.2 Å². The van der Waals surface area contributed by atoms with Gasteiger partial charge in [-0.25, -0.2) is 9.69 Å². The maximum absolute atomic E-state index is 12.1. The summed E-state index contributed by atoms with van der Waals surface area (Å²) in [7, 11) is 0. The van der Waals surface area contributed by atoms with Gasteiger partial charge in [-0.05, 0) is 50.1 Å². The van der Waals surface area contributed by atoms with Crippen LogP contribution in [0.3, 0.4) is 0 Å². The highest BCUT2D eigenvalue weighted by atomic mass is 16.6. The number of pyridine rings is 1. The van der Waals surface area contributed by atoms with Crippen LogP contribution in [0.5, 0.6) is 11.5 Å². The Hall–Kier alpha value is -3.75. The fraction of sp³-hybridized carbons (Fsp3) is 0.318. The zero-order chi connectivity index (χ0) is 21.8. The van der Waals surface area contributed by atoms with Gasteiger partial charge in [-0.2, -0.15) is 15.0 Å². The topological polar surface area (TPSA) is 102 Å². The number of ether oxygens (including phenoxy) is 2. The van der Waals surface area contributed by atoms with Crippen LogP contribution in [-0.2, 0) is 4.74 Å². The Morgan fingerprint density at radius 1 is 1.19 bits per heavy atom. The summed E-state index contributed by atoms with van der Waals surface area (Å²) in [6.45, 7) is 6.12. The second-order valence-corrected chi connectivity index (χ2v) is 7.24. The number of benzene rings is 1. The lowest BCUT2D eigenvalue weighted by molar-refractivity contribution is 0.178. The number of rotatable bonds is 7. The first kappa shape index (κ1) is 20.5. The lowest BCUT2D eigenvalue weighted by Gasteiger charge is -2.20. The Morgan fingerprint density at radius 3 is 2.71 bits per heavy atom. The van der Waals surface area contributed by atoms with Gasteiger partial charge < -0.3 is 14.8 Å². The van der Waals surface area contributed by atoms with Crippen LogP contribution >= 0.6 is 0 Å². The molecule has 2 aromatic heterocycles. The van der Waals surface area contributed by atoms with Crippen LogP contribution in [0, 0.1) is 6.92 Å². The summed E-state index contributed by atoms with van der Waals surface area (Å²) in [6.07, 6.45) is 3.69. The summed E-state index contributed by atoms with van der Waals surface area (Å²) in [5.74, 6) is 2.63. The van der Waals surface area contributed by atoms with Crippen LogP contribution in [0.15, 0.2) is 48.8 Å². The van der Waals surface area contributed by atoms with Crippen LogP contribution in [0.2, 0.25) is 0 Å². The van der Waals surface area contributed by atoms with Gasteiger partial charge in [0, 0.05) is 6.20 Å². The highest BCUT2D eigenvalue weighted by molar-refractivity contribution is 5.88. The number of carbonyl (C=O) groups is 1. The number of hydrogen-bond acceptors (Lipinski definition) is 8. The zero-order valence-corrected chi connectivity index (χ0v) is 17.6. The van der Waals surface area contributed by atoms with Gasteiger partial charge in [0.2, 0.25) is 11.9 Å². The molecule has 1 saturated heterocycles. The number of aromatic nitrogens is 4. The number of nitrogens with one attached hydrogen (secondary N) is 1. The molecule has 1 fully saturated rings. The fourth-order valence-corrected chi connectivity index (χ4v) is 3.29. The minimum absolute atomic E-state index is 0.0745. The van der Waals surface area contributed by atoms with Crippen molar-refractivity contribution in [3.63, 3.8) is 0 Å². The van der Waals surface area contributed by atoms with E-state index in [9.17, 15) is 4.79 Å². The minimum atomic E-state index is -0.430. The molecule has 1 aliphatic heterocycles. The molecule has 0 radical (unpaired) electrons. The third-order valence-electron chi connectivity index (χ3n) is 4.98. The standard InChI is InChI=1S/C22H24N6O3/c1-4-17-13-30-22(29)28(17)21-26-15(3)25-20(27-21)24-14(2)16-7-9-18(10-8-16)31-19-6-5-11-23-12-19/h5-12,14,17H,4,13H2,1-3H3,(H,24,25,26,27)/t14-,17-/m0/s1. The Morgan fingerprint density at radius 2 is 2.00 bits per heavy atom. The number of amides is 1. The summed E-state index contributed by atoms with van der Waals surface area (Å²) in [6, 6.07) is 11.3. The number of hydrogen-bond donors (Lipinski definition) is 1. The number of carbonyl (C=O) groups excluding carboxylic acids is 1. The Labute approximate surface area is 180 Å². The normalized spacial score (nSPS) is 16.7. The molecule has 0 unspecified atom stereocenters. The molecular weight excluding hydrogens is 396 g/mol.